The van der Waals surface area contributed by atoms with Crippen molar-refractivity contribution in [1.29, 1.82) is 0 Å². The molecule has 0 bridgehead atoms. The number of hydrogen-bond acceptors (Lipinski definition) is 3. The Morgan fingerprint density at radius 3 is 2.57 bits per heavy atom. The van der Waals surface area contributed by atoms with Gasteiger partial charge in [-0.2, -0.15) is 0 Å². The minimum absolute atomic E-state index is 0. The maximum atomic E-state index is 4.30. The van der Waals surface area contributed by atoms with Crippen molar-refractivity contribution in [3.63, 3.8) is 0 Å². The van der Waals surface area contributed by atoms with Gasteiger partial charge in [-0.3, -0.25) is 4.99 Å². The van der Waals surface area contributed by atoms with Gasteiger partial charge in [0.2, 0.25) is 0 Å². The van der Waals surface area contributed by atoms with E-state index in [-0.39, 0.29) is 24.0 Å². The van der Waals surface area contributed by atoms with Gasteiger partial charge in [-0.15, -0.1) is 35.3 Å². The summed E-state index contributed by atoms with van der Waals surface area (Å²) in [5.74, 6) is 0.875. The Bertz CT molecular complexity index is 449. The molecular formula is C16H30BrIN4S. The minimum atomic E-state index is 0. The van der Waals surface area contributed by atoms with Gasteiger partial charge in [-0.1, -0.05) is 13.8 Å². The first-order valence-corrected chi connectivity index (χ1v) is 9.63. The van der Waals surface area contributed by atoms with Gasteiger partial charge in [0.25, 0.3) is 0 Å². The van der Waals surface area contributed by atoms with Crippen LogP contribution in [0.25, 0.3) is 0 Å². The standard InChI is InChI=1S/C16H29BrN4S.HI/c1-5-21(6-2)11-7-8-13(3)20-16(18-4)19-12-14-9-10-15(17)22-14;/h9-10,13H,5-8,11-12H2,1-4H3,(H2,18,19,20);1H. The molecule has 0 fully saturated rings. The Morgan fingerprint density at radius 1 is 1.35 bits per heavy atom. The first-order valence-electron chi connectivity index (χ1n) is 8.02. The first kappa shape index (κ1) is 23.1. The Labute approximate surface area is 170 Å². The van der Waals surface area contributed by atoms with Gasteiger partial charge in [0.05, 0.1) is 10.3 Å². The molecule has 0 aromatic carbocycles. The predicted molar refractivity (Wildman–Crippen MR) is 117 cm³/mol. The molecule has 1 heterocycles. The summed E-state index contributed by atoms with van der Waals surface area (Å²) >= 11 is 5.24. The zero-order valence-electron chi connectivity index (χ0n) is 14.6. The monoisotopic (exact) mass is 516 g/mol. The number of aliphatic imine (C=N–C) groups is 1. The molecular weight excluding hydrogens is 487 g/mol. The summed E-state index contributed by atoms with van der Waals surface area (Å²) in [6.45, 7) is 10.9. The molecule has 0 spiro atoms. The normalized spacial score (nSPS) is 12.9. The Kier molecular flexibility index (Phi) is 13.5. The van der Waals surface area contributed by atoms with Gasteiger partial charge in [-0.05, 0) is 67.5 Å². The van der Waals surface area contributed by atoms with E-state index in [9.17, 15) is 0 Å². The van der Waals surface area contributed by atoms with E-state index in [4.69, 9.17) is 0 Å². The Balaban J connectivity index is 0.00000484. The van der Waals surface area contributed by atoms with Crippen LogP contribution in [0.4, 0.5) is 0 Å². The van der Waals surface area contributed by atoms with E-state index in [0.29, 0.717) is 6.04 Å². The van der Waals surface area contributed by atoms with Crippen LogP contribution in [-0.4, -0.2) is 43.6 Å². The second-order valence-corrected chi connectivity index (χ2v) is 7.89. The molecule has 0 saturated carbocycles. The van der Waals surface area contributed by atoms with Crippen LogP contribution in [0.5, 0.6) is 0 Å². The average molecular weight is 517 g/mol. The average Bonchev–Trinajstić information content (AvgIpc) is 2.93. The zero-order valence-corrected chi connectivity index (χ0v) is 19.3. The van der Waals surface area contributed by atoms with Crippen molar-refractivity contribution in [2.75, 3.05) is 26.7 Å². The molecule has 7 heteroatoms. The van der Waals surface area contributed by atoms with Crippen LogP contribution in [0.2, 0.25) is 0 Å². The van der Waals surface area contributed by atoms with E-state index in [1.807, 2.05) is 7.05 Å². The van der Waals surface area contributed by atoms with Crippen molar-refractivity contribution in [3.05, 3.63) is 20.8 Å². The van der Waals surface area contributed by atoms with Crippen molar-refractivity contribution < 1.29 is 0 Å². The molecule has 0 amide bonds. The molecule has 2 N–H and O–H groups in total. The summed E-state index contributed by atoms with van der Waals surface area (Å²) in [4.78, 5) is 8.06. The van der Waals surface area contributed by atoms with Crippen molar-refractivity contribution in [2.24, 2.45) is 4.99 Å². The summed E-state index contributed by atoms with van der Waals surface area (Å²) < 4.78 is 1.16. The third kappa shape index (κ3) is 9.89. The van der Waals surface area contributed by atoms with E-state index in [0.717, 1.165) is 35.8 Å². The summed E-state index contributed by atoms with van der Waals surface area (Å²) in [6.07, 6.45) is 2.37. The Morgan fingerprint density at radius 2 is 2.04 bits per heavy atom. The van der Waals surface area contributed by atoms with Gasteiger partial charge < -0.3 is 15.5 Å². The lowest BCUT2D eigenvalue weighted by atomic mass is 10.2. The first-order chi connectivity index (χ1) is 10.6. The van der Waals surface area contributed by atoms with Crippen LogP contribution in [0.1, 0.15) is 38.5 Å². The highest BCUT2D eigenvalue weighted by molar-refractivity contribution is 14.0. The van der Waals surface area contributed by atoms with Crippen molar-refractivity contribution in [1.82, 2.24) is 15.5 Å². The van der Waals surface area contributed by atoms with Crippen LogP contribution >= 0.6 is 51.2 Å². The molecule has 0 aliphatic rings. The molecule has 0 aliphatic carbocycles. The number of guanidine groups is 1. The predicted octanol–water partition coefficient (Wildman–Crippen LogP) is 4.30. The summed E-state index contributed by atoms with van der Waals surface area (Å²) in [5.41, 5.74) is 0. The molecule has 0 aliphatic heterocycles. The molecule has 134 valence electrons. The number of thiophene rings is 1. The highest BCUT2D eigenvalue weighted by Crippen LogP contribution is 2.21. The Hall–Kier alpha value is 0.140. The number of rotatable bonds is 9. The highest BCUT2D eigenvalue weighted by atomic mass is 127. The van der Waals surface area contributed by atoms with Crippen molar-refractivity contribution in [3.8, 4) is 0 Å². The fourth-order valence-corrected chi connectivity index (χ4v) is 3.70. The largest absolute Gasteiger partial charge is 0.354 e. The lowest BCUT2D eigenvalue weighted by molar-refractivity contribution is 0.292. The summed E-state index contributed by atoms with van der Waals surface area (Å²) in [5, 5.41) is 6.84. The maximum absolute atomic E-state index is 4.30. The lowest BCUT2D eigenvalue weighted by Crippen LogP contribution is -2.42. The number of hydrogen-bond donors (Lipinski definition) is 2. The van der Waals surface area contributed by atoms with Crippen LogP contribution in [0.3, 0.4) is 0 Å². The van der Waals surface area contributed by atoms with E-state index >= 15 is 0 Å². The van der Waals surface area contributed by atoms with E-state index < -0.39 is 0 Å². The van der Waals surface area contributed by atoms with Gasteiger partial charge in [0.15, 0.2) is 5.96 Å². The van der Waals surface area contributed by atoms with Crippen molar-refractivity contribution in [2.45, 2.75) is 46.2 Å². The van der Waals surface area contributed by atoms with Crippen LogP contribution in [0.15, 0.2) is 20.9 Å². The molecule has 1 aromatic heterocycles. The maximum Gasteiger partial charge on any atom is 0.191 e. The number of halogens is 2. The lowest BCUT2D eigenvalue weighted by Gasteiger charge is -2.21. The number of nitrogens with zero attached hydrogens (tertiary/aromatic N) is 2. The SMILES string of the molecule is CCN(CC)CCCC(C)NC(=NC)NCc1ccc(Br)s1.I. The molecule has 1 aromatic rings. The van der Waals surface area contributed by atoms with E-state index in [1.165, 1.54) is 17.8 Å². The van der Waals surface area contributed by atoms with E-state index in [2.05, 4.69) is 69.4 Å². The molecule has 0 saturated heterocycles. The molecule has 1 rings (SSSR count). The van der Waals surface area contributed by atoms with Crippen molar-refractivity contribution >= 4 is 57.2 Å². The van der Waals surface area contributed by atoms with Crippen LogP contribution < -0.4 is 10.6 Å². The van der Waals surface area contributed by atoms with Gasteiger partial charge >= 0.3 is 0 Å². The highest BCUT2D eigenvalue weighted by Gasteiger charge is 2.07. The fraction of sp³-hybridized carbons (Fsp3) is 0.688. The van der Waals surface area contributed by atoms with Gasteiger partial charge in [0.1, 0.15) is 0 Å². The third-order valence-corrected chi connectivity index (χ3v) is 5.30. The molecule has 0 radical (unpaired) electrons. The quantitative estimate of drug-likeness (QED) is 0.292. The molecule has 1 atom stereocenters. The number of nitrogens with one attached hydrogen (secondary N) is 2. The molecule has 23 heavy (non-hydrogen) atoms. The smallest absolute Gasteiger partial charge is 0.191 e. The second kappa shape index (κ2) is 13.4. The fourth-order valence-electron chi connectivity index (χ4n) is 2.28. The second-order valence-electron chi connectivity index (χ2n) is 5.35. The topological polar surface area (TPSA) is 39.7 Å². The molecule has 1 unspecified atom stereocenters. The summed E-state index contributed by atoms with van der Waals surface area (Å²) in [6, 6.07) is 4.63. The van der Waals surface area contributed by atoms with Crippen LogP contribution in [0, 0.1) is 0 Å². The van der Waals surface area contributed by atoms with Crippen LogP contribution in [-0.2, 0) is 6.54 Å². The third-order valence-electron chi connectivity index (χ3n) is 3.67. The molecule has 4 nitrogen and oxygen atoms in total. The summed E-state index contributed by atoms with van der Waals surface area (Å²) in [7, 11) is 1.82. The minimum Gasteiger partial charge on any atom is -0.354 e. The zero-order chi connectivity index (χ0) is 16.4. The van der Waals surface area contributed by atoms with E-state index in [1.54, 1.807) is 11.3 Å². The van der Waals surface area contributed by atoms with Gasteiger partial charge in [0, 0.05) is 18.0 Å². The van der Waals surface area contributed by atoms with Gasteiger partial charge in [-0.25, -0.2) is 0 Å².